The predicted octanol–water partition coefficient (Wildman–Crippen LogP) is 1.63. The Morgan fingerprint density at radius 3 is 2.36 bits per heavy atom. The van der Waals surface area contributed by atoms with E-state index in [1.807, 2.05) is 6.07 Å². The molecule has 0 unspecified atom stereocenters. The maximum atomic E-state index is 12.3. The van der Waals surface area contributed by atoms with Crippen LogP contribution in [-0.4, -0.2) is 18.5 Å². The van der Waals surface area contributed by atoms with Gasteiger partial charge in [0.1, 0.15) is 11.8 Å². The number of hydrogen-bond donors (Lipinski definition) is 1. The SMILES string of the molecule is C[C@](CC(=O)Nc1ccc(OCC#N)cc1)(C(=O)[O-])c1ccccc1. The van der Waals surface area contributed by atoms with Gasteiger partial charge in [-0.1, -0.05) is 30.3 Å². The molecule has 1 amide bonds. The molecule has 1 N–H and O–H groups in total. The van der Waals surface area contributed by atoms with Gasteiger partial charge in [0.05, 0.1) is 5.97 Å². The molecular weight excluding hydrogens is 320 g/mol. The Kier molecular flexibility index (Phi) is 5.75. The van der Waals surface area contributed by atoms with E-state index in [0.717, 1.165) is 0 Å². The minimum Gasteiger partial charge on any atom is -0.549 e. The second-order valence-electron chi connectivity index (χ2n) is 5.68. The number of carboxylic acids is 1. The molecule has 6 nitrogen and oxygen atoms in total. The van der Waals surface area contributed by atoms with Crippen molar-refractivity contribution in [1.82, 2.24) is 0 Å². The van der Waals surface area contributed by atoms with E-state index in [-0.39, 0.29) is 13.0 Å². The van der Waals surface area contributed by atoms with E-state index in [4.69, 9.17) is 10.00 Å². The van der Waals surface area contributed by atoms with Crippen molar-refractivity contribution in [1.29, 1.82) is 5.26 Å². The van der Waals surface area contributed by atoms with Crippen molar-refractivity contribution in [3.05, 3.63) is 60.2 Å². The van der Waals surface area contributed by atoms with Gasteiger partial charge in [-0.2, -0.15) is 5.26 Å². The Morgan fingerprint density at radius 2 is 1.80 bits per heavy atom. The molecule has 6 heteroatoms. The van der Waals surface area contributed by atoms with Crippen LogP contribution in [0.2, 0.25) is 0 Å². The maximum Gasteiger partial charge on any atom is 0.225 e. The lowest BCUT2D eigenvalue weighted by Gasteiger charge is -2.30. The number of carbonyl (C=O) groups excluding carboxylic acids is 2. The second-order valence-corrected chi connectivity index (χ2v) is 5.68. The van der Waals surface area contributed by atoms with Crippen LogP contribution in [0.5, 0.6) is 5.75 Å². The lowest BCUT2D eigenvalue weighted by molar-refractivity contribution is -0.313. The minimum absolute atomic E-state index is 0.0628. The van der Waals surface area contributed by atoms with Gasteiger partial charge in [-0.15, -0.1) is 0 Å². The van der Waals surface area contributed by atoms with Crippen molar-refractivity contribution in [3.8, 4) is 11.8 Å². The highest BCUT2D eigenvalue weighted by Gasteiger charge is 2.31. The van der Waals surface area contributed by atoms with Crippen LogP contribution in [-0.2, 0) is 15.0 Å². The number of ether oxygens (including phenoxy) is 1. The van der Waals surface area contributed by atoms with E-state index >= 15 is 0 Å². The summed E-state index contributed by atoms with van der Waals surface area (Å²) < 4.78 is 5.13. The smallest absolute Gasteiger partial charge is 0.225 e. The minimum atomic E-state index is -1.43. The van der Waals surface area contributed by atoms with Gasteiger partial charge in [0, 0.05) is 17.5 Å². The van der Waals surface area contributed by atoms with Crippen LogP contribution in [0.4, 0.5) is 5.69 Å². The topological polar surface area (TPSA) is 102 Å². The highest BCUT2D eigenvalue weighted by atomic mass is 16.5. The van der Waals surface area contributed by atoms with Crippen LogP contribution in [0.15, 0.2) is 54.6 Å². The van der Waals surface area contributed by atoms with Crippen LogP contribution >= 0.6 is 0 Å². The molecule has 0 aliphatic heterocycles. The molecule has 0 radical (unpaired) electrons. The van der Waals surface area contributed by atoms with Gasteiger partial charge < -0.3 is 20.0 Å². The fraction of sp³-hybridized carbons (Fsp3) is 0.211. The van der Waals surface area contributed by atoms with Gasteiger partial charge in [0.25, 0.3) is 0 Å². The van der Waals surface area contributed by atoms with E-state index in [1.165, 1.54) is 6.92 Å². The molecule has 1 atom stereocenters. The van der Waals surface area contributed by atoms with Crippen molar-refractivity contribution < 1.29 is 19.4 Å². The normalized spacial score (nSPS) is 12.5. The van der Waals surface area contributed by atoms with Gasteiger partial charge in [-0.05, 0) is 36.8 Å². The van der Waals surface area contributed by atoms with E-state index in [2.05, 4.69) is 5.32 Å². The molecule has 2 aromatic rings. The largest absolute Gasteiger partial charge is 0.549 e. The van der Waals surface area contributed by atoms with Crippen LogP contribution in [0.1, 0.15) is 18.9 Å². The molecule has 0 aliphatic carbocycles. The summed E-state index contributed by atoms with van der Waals surface area (Å²) in [5.74, 6) is -1.25. The van der Waals surface area contributed by atoms with Crippen molar-refractivity contribution in [2.24, 2.45) is 0 Å². The summed E-state index contributed by atoms with van der Waals surface area (Å²) in [6, 6.07) is 16.8. The average Bonchev–Trinajstić information content (AvgIpc) is 2.61. The van der Waals surface area contributed by atoms with Crippen molar-refractivity contribution >= 4 is 17.6 Å². The molecule has 0 bridgehead atoms. The Morgan fingerprint density at radius 1 is 1.16 bits per heavy atom. The van der Waals surface area contributed by atoms with Crippen molar-refractivity contribution in [2.45, 2.75) is 18.8 Å². The van der Waals surface area contributed by atoms with Crippen LogP contribution in [0.3, 0.4) is 0 Å². The number of hydrogen-bond acceptors (Lipinski definition) is 5. The summed E-state index contributed by atoms with van der Waals surface area (Å²) in [4.78, 5) is 23.9. The Bertz CT molecular complexity index is 781. The molecule has 0 aromatic heterocycles. The monoisotopic (exact) mass is 337 g/mol. The quantitative estimate of drug-likeness (QED) is 0.827. The third kappa shape index (κ3) is 4.58. The molecule has 25 heavy (non-hydrogen) atoms. The molecule has 2 rings (SSSR count). The molecule has 2 aromatic carbocycles. The zero-order valence-electron chi connectivity index (χ0n) is 13.7. The molecule has 0 saturated carbocycles. The van der Waals surface area contributed by atoms with Crippen LogP contribution in [0, 0.1) is 11.3 Å². The third-order valence-electron chi connectivity index (χ3n) is 3.82. The number of amides is 1. The van der Waals surface area contributed by atoms with Gasteiger partial charge in [0.15, 0.2) is 6.61 Å². The lowest BCUT2D eigenvalue weighted by Crippen LogP contribution is -2.45. The summed E-state index contributed by atoms with van der Waals surface area (Å²) in [6.45, 7) is 1.41. The number of carboxylic acid groups (broad SMARTS) is 1. The zero-order valence-corrected chi connectivity index (χ0v) is 13.7. The first-order valence-electron chi connectivity index (χ1n) is 7.62. The Balaban J connectivity index is 2.07. The van der Waals surface area contributed by atoms with Crippen molar-refractivity contribution in [3.63, 3.8) is 0 Å². The summed E-state index contributed by atoms with van der Waals surface area (Å²) in [5.41, 5.74) is -0.422. The van der Waals surface area contributed by atoms with Gasteiger partial charge >= 0.3 is 0 Å². The lowest BCUT2D eigenvalue weighted by atomic mass is 9.79. The van der Waals surface area contributed by atoms with E-state index in [1.54, 1.807) is 54.6 Å². The summed E-state index contributed by atoms with van der Waals surface area (Å²) >= 11 is 0. The molecule has 128 valence electrons. The van der Waals surface area contributed by atoms with Gasteiger partial charge in [0.2, 0.25) is 5.91 Å². The fourth-order valence-electron chi connectivity index (χ4n) is 2.37. The van der Waals surface area contributed by atoms with Gasteiger partial charge in [-0.25, -0.2) is 0 Å². The molecule has 0 fully saturated rings. The van der Waals surface area contributed by atoms with Crippen molar-refractivity contribution in [2.75, 3.05) is 11.9 Å². The number of nitrogens with one attached hydrogen (secondary N) is 1. The zero-order chi connectivity index (χ0) is 18.3. The molecular formula is C19H17N2O4-. The molecule has 0 heterocycles. The highest BCUT2D eigenvalue weighted by molar-refractivity contribution is 5.95. The number of aliphatic carboxylic acids is 1. The average molecular weight is 337 g/mol. The van der Waals surface area contributed by atoms with Crippen LogP contribution < -0.4 is 15.2 Å². The number of benzene rings is 2. The fourth-order valence-corrected chi connectivity index (χ4v) is 2.37. The van der Waals surface area contributed by atoms with E-state index in [0.29, 0.717) is 17.0 Å². The number of nitrogens with zero attached hydrogens (tertiary/aromatic N) is 1. The van der Waals surface area contributed by atoms with E-state index < -0.39 is 17.3 Å². The number of carbonyl (C=O) groups is 2. The Hall–Kier alpha value is -3.33. The maximum absolute atomic E-state index is 12.3. The van der Waals surface area contributed by atoms with Crippen LogP contribution in [0.25, 0.3) is 0 Å². The first-order valence-corrected chi connectivity index (χ1v) is 7.62. The predicted molar refractivity (Wildman–Crippen MR) is 89.6 cm³/mol. The first kappa shape index (κ1) is 18.0. The summed E-state index contributed by atoms with van der Waals surface area (Å²) in [6.07, 6.45) is -0.258. The standard InChI is InChI=1S/C19H18N2O4/c1-19(18(23)24,14-5-3-2-4-6-14)13-17(22)21-15-7-9-16(10-8-15)25-12-11-20/h2-10H,12-13H2,1H3,(H,21,22)(H,23,24)/p-1/t19-/m1/s1. The molecule has 0 saturated heterocycles. The number of rotatable bonds is 7. The third-order valence-corrected chi connectivity index (χ3v) is 3.82. The number of anilines is 1. The molecule has 0 spiro atoms. The van der Waals surface area contributed by atoms with E-state index in [9.17, 15) is 14.7 Å². The van der Waals surface area contributed by atoms with Gasteiger partial charge in [-0.3, -0.25) is 4.79 Å². The number of nitriles is 1. The summed E-state index contributed by atoms with van der Waals surface area (Å²) in [5, 5.41) is 22.7. The Labute approximate surface area is 145 Å². The first-order chi connectivity index (χ1) is 12.0. The summed E-state index contributed by atoms with van der Waals surface area (Å²) in [7, 11) is 0. The molecule has 0 aliphatic rings. The highest BCUT2D eigenvalue weighted by Crippen LogP contribution is 2.28. The second kappa shape index (κ2) is 7.97.